The second kappa shape index (κ2) is 9.15. The van der Waals surface area contributed by atoms with E-state index in [-0.39, 0.29) is 5.69 Å². The molecular formula is C23H21N5O5. The van der Waals surface area contributed by atoms with E-state index >= 15 is 0 Å². The van der Waals surface area contributed by atoms with Gasteiger partial charge in [0.25, 0.3) is 11.6 Å². The molecule has 0 aliphatic heterocycles. The average Bonchev–Trinajstić information content (AvgIpc) is 3.27. The number of benzene rings is 2. The van der Waals surface area contributed by atoms with Gasteiger partial charge in [-0.15, -0.1) is 0 Å². The Hall–Kier alpha value is -4.15. The molecule has 0 spiro atoms. The van der Waals surface area contributed by atoms with E-state index in [1.165, 1.54) is 24.3 Å². The van der Waals surface area contributed by atoms with Crippen molar-refractivity contribution in [2.45, 2.75) is 12.1 Å². The zero-order valence-corrected chi connectivity index (χ0v) is 17.6. The average molecular weight is 447 g/mol. The Morgan fingerprint density at radius 1 is 1.21 bits per heavy atom. The molecular weight excluding hydrogens is 426 g/mol. The molecule has 4 rings (SSSR count). The van der Waals surface area contributed by atoms with E-state index in [1.54, 1.807) is 48.4 Å². The molecule has 0 fully saturated rings. The molecule has 2 unspecified atom stereocenters. The zero-order valence-electron chi connectivity index (χ0n) is 17.6. The van der Waals surface area contributed by atoms with E-state index in [4.69, 9.17) is 0 Å². The highest BCUT2D eigenvalue weighted by molar-refractivity contribution is 6.07. The molecule has 2 atom stereocenters. The monoisotopic (exact) mass is 447 g/mol. The largest absolute Gasteiger partial charge is 0.394 e. The smallest absolute Gasteiger partial charge is 0.269 e. The fraction of sp³-hybridized carbons (Fsp3) is 0.174. The molecule has 10 heteroatoms. The lowest BCUT2D eigenvalue weighted by Crippen LogP contribution is -2.42. The van der Waals surface area contributed by atoms with Gasteiger partial charge >= 0.3 is 0 Å². The first-order chi connectivity index (χ1) is 15.9. The lowest BCUT2D eigenvalue weighted by atomic mass is 10.0. The Kier molecular flexibility index (Phi) is 6.11. The number of rotatable bonds is 7. The Labute approximate surface area is 188 Å². The third kappa shape index (κ3) is 4.56. The number of hydrogen-bond donors (Lipinski definition) is 3. The summed E-state index contributed by atoms with van der Waals surface area (Å²) in [5, 5.41) is 38.8. The summed E-state index contributed by atoms with van der Waals surface area (Å²) in [6.07, 6.45) is 2.16. The number of aliphatic hydroxyl groups is 2. The quantitative estimate of drug-likeness (QED) is 0.291. The van der Waals surface area contributed by atoms with Crippen LogP contribution >= 0.6 is 0 Å². The number of carbonyl (C=O) groups excluding carboxylic acids is 1. The summed E-state index contributed by atoms with van der Waals surface area (Å²) in [5.41, 5.74) is 2.44. The lowest BCUT2D eigenvalue weighted by Gasteiger charge is -2.23. The summed E-state index contributed by atoms with van der Waals surface area (Å²) in [5.74, 6) is -0.501. The van der Waals surface area contributed by atoms with Crippen molar-refractivity contribution in [1.29, 1.82) is 0 Å². The van der Waals surface area contributed by atoms with Crippen molar-refractivity contribution < 1.29 is 19.9 Å². The molecule has 0 saturated heterocycles. The Balaban J connectivity index is 1.65. The maximum absolute atomic E-state index is 13.2. The molecule has 10 nitrogen and oxygen atoms in total. The molecule has 3 N–H and O–H groups in total. The van der Waals surface area contributed by atoms with Crippen LogP contribution in [0.5, 0.6) is 0 Å². The topological polar surface area (TPSA) is 143 Å². The van der Waals surface area contributed by atoms with E-state index in [2.05, 4.69) is 15.4 Å². The van der Waals surface area contributed by atoms with Crippen molar-refractivity contribution in [2.75, 3.05) is 6.61 Å². The number of nitro groups is 1. The summed E-state index contributed by atoms with van der Waals surface area (Å²) >= 11 is 0. The number of aromatic nitrogens is 3. The lowest BCUT2D eigenvalue weighted by molar-refractivity contribution is -0.384. The number of non-ortho nitro benzene ring substituents is 1. The molecule has 0 aliphatic carbocycles. The van der Waals surface area contributed by atoms with Gasteiger partial charge in [-0.3, -0.25) is 19.6 Å². The van der Waals surface area contributed by atoms with Crippen LogP contribution in [-0.4, -0.2) is 48.5 Å². The van der Waals surface area contributed by atoms with Gasteiger partial charge in [-0.25, -0.2) is 4.98 Å². The third-order valence-corrected chi connectivity index (χ3v) is 5.30. The van der Waals surface area contributed by atoms with Crippen LogP contribution in [0.15, 0.2) is 67.0 Å². The molecule has 2 aromatic heterocycles. The maximum Gasteiger partial charge on any atom is 0.269 e. The predicted octanol–water partition coefficient (Wildman–Crippen LogP) is 2.37. The second-order valence-electron chi connectivity index (χ2n) is 7.53. The highest BCUT2D eigenvalue weighted by Gasteiger charge is 2.25. The van der Waals surface area contributed by atoms with E-state index in [9.17, 15) is 25.1 Å². The molecule has 0 radical (unpaired) electrons. The number of nitrogens with zero attached hydrogens (tertiary/aromatic N) is 4. The fourth-order valence-corrected chi connectivity index (χ4v) is 3.56. The zero-order chi connectivity index (χ0) is 23.5. The van der Waals surface area contributed by atoms with E-state index in [0.717, 1.165) is 5.56 Å². The number of hydrogen-bond acceptors (Lipinski definition) is 7. The molecule has 0 bridgehead atoms. The van der Waals surface area contributed by atoms with E-state index < -0.39 is 29.6 Å². The number of aliphatic hydroxyl groups excluding tert-OH is 2. The van der Waals surface area contributed by atoms with Gasteiger partial charge < -0.3 is 15.5 Å². The van der Waals surface area contributed by atoms with E-state index in [1.807, 2.05) is 6.07 Å². The highest BCUT2D eigenvalue weighted by atomic mass is 16.6. The molecule has 0 saturated carbocycles. The van der Waals surface area contributed by atoms with Crippen molar-refractivity contribution in [1.82, 2.24) is 20.1 Å². The third-order valence-electron chi connectivity index (χ3n) is 5.30. The van der Waals surface area contributed by atoms with Crippen LogP contribution in [0.4, 0.5) is 5.69 Å². The predicted molar refractivity (Wildman–Crippen MR) is 120 cm³/mol. The van der Waals surface area contributed by atoms with Crippen molar-refractivity contribution in [3.05, 3.63) is 88.2 Å². The minimum atomic E-state index is -1.27. The SMILES string of the molecule is Cn1cc(-c2cc(C(=O)NC(CO)C(O)c3ccc([N+](=O)[O-])cc3)c3ccccc3n2)cn1. The standard InChI is InChI=1S/C23H21N5O5/c1-27-12-15(11-24-27)20-10-18(17-4-2-3-5-19(17)25-20)23(31)26-21(13-29)22(30)14-6-8-16(9-7-14)28(32)33/h2-12,21-22,29-30H,13H2,1H3,(H,26,31). The normalized spacial score (nSPS) is 12.9. The highest BCUT2D eigenvalue weighted by Crippen LogP contribution is 2.26. The van der Waals surface area contributed by atoms with Gasteiger partial charge in [0.2, 0.25) is 0 Å². The number of fused-ring (bicyclic) bond motifs is 1. The molecule has 168 valence electrons. The number of pyridine rings is 1. The van der Waals surface area contributed by atoms with Crippen LogP contribution in [-0.2, 0) is 7.05 Å². The number of carbonyl (C=O) groups is 1. The van der Waals surface area contributed by atoms with Gasteiger partial charge in [0, 0.05) is 36.3 Å². The number of para-hydroxylation sites is 1. The van der Waals surface area contributed by atoms with Crippen molar-refractivity contribution in [3.63, 3.8) is 0 Å². The Bertz CT molecular complexity index is 1320. The fourth-order valence-electron chi connectivity index (χ4n) is 3.56. The minimum Gasteiger partial charge on any atom is -0.394 e. The molecule has 2 aromatic carbocycles. The summed E-state index contributed by atoms with van der Waals surface area (Å²) in [6.45, 7) is -0.539. The van der Waals surface area contributed by atoms with Crippen molar-refractivity contribution in [2.24, 2.45) is 7.05 Å². The summed E-state index contributed by atoms with van der Waals surface area (Å²) in [6, 6.07) is 13.1. The molecule has 4 aromatic rings. The Morgan fingerprint density at radius 3 is 2.58 bits per heavy atom. The summed E-state index contributed by atoms with van der Waals surface area (Å²) in [7, 11) is 1.78. The van der Waals surface area contributed by atoms with Crippen LogP contribution in [0.3, 0.4) is 0 Å². The van der Waals surface area contributed by atoms with Crippen LogP contribution in [0.2, 0.25) is 0 Å². The number of amides is 1. The van der Waals surface area contributed by atoms with E-state index in [0.29, 0.717) is 27.7 Å². The number of nitrogens with one attached hydrogen (secondary N) is 1. The Morgan fingerprint density at radius 2 is 1.94 bits per heavy atom. The van der Waals surface area contributed by atoms with Crippen LogP contribution < -0.4 is 5.32 Å². The first-order valence-electron chi connectivity index (χ1n) is 10.1. The van der Waals surface area contributed by atoms with Gasteiger partial charge in [-0.2, -0.15) is 5.10 Å². The first kappa shape index (κ1) is 22.1. The molecule has 33 heavy (non-hydrogen) atoms. The first-order valence-corrected chi connectivity index (χ1v) is 10.1. The van der Waals surface area contributed by atoms with Crippen molar-refractivity contribution >= 4 is 22.5 Å². The molecule has 0 aliphatic rings. The number of aryl methyl sites for hydroxylation is 1. The maximum atomic E-state index is 13.2. The van der Waals surface area contributed by atoms with Gasteiger partial charge in [0.15, 0.2) is 0 Å². The van der Waals surface area contributed by atoms with Gasteiger partial charge in [0.1, 0.15) is 6.10 Å². The summed E-state index contributed by atoms with van der Waals surface area (Å²) in [4.78, 5) is 28.1. The van der Waals surface area contributed by atoms with Gasteiger partial charge in [-0.1, -0.05) is 18.2 Å². The van der Waals surface area contributed by atoms with Crippen molar-refractivity contribution in [3.8, 4) is 11.3 Å². The summed E-state index contributed by atoms with van der Waals surface area (Å²) < 4.78 is 1.63. The second-order valence-corrected chi connectivity index (χ2v) is 7.53. The number of nitro benzene ring substituents is 1. The van der Waals surface area contributed by atoms with Crippen LogP contribution in [0.25, 0.3) is 22.2 Å². The molecule has 1 amide bonds. The van der Waals surface area contributed by atoms with Crippen LogP contribution in [0, 0.1) is 10.1 Å². The minimum absolute atomic E-state index is 0.123. The van der Waals surface area contributed by atoms with Gasteiger partial charge in [-0.05, 0) is 29.8 Å². The molecule has 2 heterocycles. The van der Waals surface area contributed by atoms with Crippen LogP contribution in [0.1, 0.15) is 22.0 Å². The van der Waals surface area contributed by atoms with Gasteiger partial charge in [0.05, 0.1) is 40.5 Å².